The van der Waals surface area contributed by atoms with Crippen LogP contribution in [0.15, 0.2) is 36.4 Å². The molecule has 6 heteroatoms. The Morgan fingerprint density at radius 1 is 1.14 bits per heavy atom. The van der Waals surface area contributed by atoms with Crippen LogP contribution >= 0.6 is 0 Å². The molecule has 0 bridgehead atoms. The summed E-state index contributed by atoms with van der Waals surface area (Å²) in [6.07, 6.45) is 3.97. The van der Waals surface area contributed by atoms with Crippen LogP contribution in [0, 0.1) is 0 Å². The number of aromatic nitrogens is 3. The van der Waals surface area contributed by atoms with Crippen LogP contribution in [0.3, 0.4) is 0 Å². The minimum atomic E-state index is -0.417. The SMILES string of the molecule is CF.FC1CC1.O=Cc1nc2n(n1)CCC2.c1ccccc1. The van der Waals surface area contributed by atoms with Gasteiger partial charge in [0, 0.05) is 13.0 Å². The monoisotopic (exact) mass is 309 g/mol. The molecule has 22 heavy (non-hydrogen) atoms. The second-order valence-electron chi connectivity index (χ2n) is 4.66. The fourth-order valence-electron chi connectivity index (χ4n) is 1.64. The molecular weight excluding hydrogens is 288 g/mol. The van der Waals surface area contributed by atoms with E-state index < -0.39 is 6.17 Å². The second-order valence-corrected chi connectivity index (χ2v) is 4.66. The van der Waals surface area contributed by atoms with Gasteiger partial charge in [-0.25, -0.2) is 14.1 Å². The highest BCUT2D eigenvalue weighted by molar-refractivity contribution is 5.68. The third kappa shape index (κ3) is 7.06. The lowest BCUT2D eigenvalue weighted by Crippen LogP contribution is -1.94. The number of fused-ring (bicyclic) bond motifs is 1. The maximum Gasteiger partial charge on any atom is 0.214 e. The molecule has 1 aromatic heterocycles. The average molecular weight is 309 g/mol. The molecule has 2 aliphatic rings. The first-order valence-corrected chi connectivity index (χ1v) is 7.20. The van der Waals surface area contributed by atoms with Gasteiger partial charge in [-0.2, -0.15) is 0 Å². The molecule has 0 atom stereocenters. The average Bonchev–Trinajstić information content (AvgIpc) is 3.09. The van der Waals surface area contributed by atoms with E-state index >= 15 is 0 Å². The van der Waals surface area contributed by atoms with Crippen molar-refractivity contribution in [2.24, 2.45) is 0 Å². The molecule has 0 saturated heterocycles. The molecule has 0 radical (unpaired) electrons. The molecule has 2 heterocycles. The molecule has 1 aromatic carbocycles. The van der Waals surface area contributed by atoms with Crippen molar-refractivity contribution in [3.8, 4) is 0 Å². The van der Waals surface area contributed by atoms with E-state index in [2.05, 4.69) is 10.1 Å². The normalized spacial score (nSPS) is 14.1. The second kappa shape index (κ2) is 10.6. The molecule has 4 rings (SSSR count). The summed E-state index contributed by atoms with van der Waals surface area (Å²) >= 11 is 0. The minimum Gasteiger partial charge on any atom is -0.294 e. The number of hydrogen-bond acceptors (Lipinski definition) is 3. The van der Waals surface area contributed by atoms with Gasteiger partial charge in [-0.1, -0.05) is 36.4 Å². The highest BCUT2D eigenvalue weighted by Gasteiger charge is 2.18. The van der Waals surface area contributed by atoms with E-state index in [4.69, 9.17) is 0 Å². The fourth-order valence-corrected chi connectivity index (χ4v) is 1.64. The Bertz CT molecular complexity index is 479. The first kappa shape index (κ1) is 17.9. The van der Waals surface area contributed by atoms with E-state index in [0.717, 1.165) is 38.1 Å². The van der Waals surface area contributed by atoms with Crippen LogP contribution in [0.25, 0.3) is 0 Å². The van der Waals surface area contributed by atoms with E-state index in [1.54, 1.807) is 4.68 Å². The number of halogens is 2. The van der Waals surface area contributed by atoms with Crippen molar-refractivity contribution in [3.05, 3.63) is 48.0 Å². The quantitative estimate of drug-likeness (QED) is 0.758. The lowest BCUT2D eigenvalue weighted by molar-refractivity contribution is 0.111. The largest absolute Gasteiger partial charge is 0.294 e. The first-order valence-electron chi connectivity index (χ1n) is 7.20. The van der Waals surface area contributed by atoms with E-state index in [0.29, 0.717) is 19.3 Å². The van der Waals surface area contributed by atoms with Crippen LogP contribution in [0.5, 0.6) is 0 Å². The standard InChI is InChI=1S/C6H7N3O.C6H6.C3H5F.CH3F/c10-4-5-7-6-2-1-3-9(6)8-5;1-2-4-6-5-3-1;4-3-1-2-3;1-2/h4H,1-3H2;1-6H;3H,1-2H2;1H3. The number of alkyl halides is 2. The van der Waals surface area contributed by atoms with Gasteiger partial charge in [0.1, 0.15) is 12.0 Å². The Morgan fingerprint density at radius 3 is 2.00 bits per heavy atom. The molecule has 0 amide bonds. The van der Waals surface area contributed by atoms with Gasteiger partial charge < -0.3 is 0 Å². The van der Waals surface area contributed by atoms with E-state index in [1.807, 2.05) is 36.4 Å². The van der Waals surface area contributed by atoms with Crippen LogP contribution in [0.1, 0.15) is 35.7 Å². The molecular formula is C16H21F2N3O. The molecule has 1 fully saturated rings. The van der Waals surface area contributed by atoms with Crippen molar-refractivity contribution < 1.29 is 13.6 Å². The van der Waals surface area contributed by atoms with Crippen LogP contribution < -0.4 is 0 Å². The Hall–Kier alpha value is -2.11. The van der Waals surface area contributed by atoms with Crippen LogP contribution in [-0.4, -0.2) is 34.4 Å². The van der Waals surface area contributed by atoms with Crippen LogP contribution in [0.4, 0.5) is 8.78 Å². The molecule has 4 nitrogen and oxygen atoms in total. The van der Waals surface area contributed by atoms with Gasteiger partial charge in [-0.3, -0.25) is 9.18 Å². The highest BCUT2D eigenvalue weighted by Crippen LogP contribution is 2.22. The Kier molecular flexibility index (Phi) is 8.64. The summed E-state index contributed by atoms with van der Waals surface area (Å²) in [6, 6.07) is 12.0. The summed E-state index contributed by atoms with van der Waals surface area (Å²) in [6.45, 7) is 0.913. The molecule has 120 valence electrons. The zero-order chi connectivity index (χ0) is 16.2. The summed E-state index contributed by atoms with van der Waals surface area (Å²) < 4.78 is 22.4. The van der Waals surface area contributed by atoms with Crippen molar-refractivity contribution >= 4 is 6.29 Å². The molecule has 1 aliphatic heterocycles. The molecule has 0 spiro atoms. The number of aryl methyl sites for hydroxylation is 2. The number of carbonyl (C=O) groups is 1. The lowest BCUT2D eigenvalue weighted by atomic mass is 10.4. The number of nitrogens with zero attached hydrogens (tertiary/aromatic N) is 3. The van der Waals surface area contributed by atoms with Crippen LogP contribution in [0.2, 0.25) is 0 Å². The van der Waals surface area contributed by atoms with Crippen molar-refractivity contribution in [3.63, 3.8) is 0 Å². The van der Waals surface area contributed by atoms with Gasteiger partial charge in [-0.05, 0) is 19.3 Å². The lowest BCUT2D eigenvalue weighted by Gasteiger charge is -1.86. The smallest absolute Gasteiger partial charge is 0.214 e. The Labute approximate surface area is 129 Å². The number of benzene rings is 1. The van der Waals surface area contributed by atoms with E-state index in [1.165, 1.54) is 0 Å². The molecule has 0 unspecified atom stereocenters. The maximum absolute atomic E-state index is 11.1. The van der Waals surface area contributed by atoms with E-state index in [-0.39, 0.29) is 0 Å². The van der Waals surface area contributed by atoms with Gasteiger partial charge >= 0.3 is 0 Å². The van der Waals surface area contributed by atoms with Gasteiger partial charge in [0.2, 0.25) is 5.82 Å². The summed E-state index contributed by atoms with van der Waals surface area (Å²) in [5, 5.41) is 3.95. The molecule has 1 aliphatic carbocycles. The zero-order valence-electron chi connectivity index (χ0n) is 12.7. The van der Waals surface area contributed by atoms with Gasteiger partial charge in [0.05, 0.1) is 7.18 Å². The van der Waals surface area contributed by atoms with Crippen LogP contribution in [-0.2, 0) is 13.0 Å². The molecule has 2 aromatic rings. The number of carbonyl (C=O) groups excluding carboxylic acids is 1. The third-order valence-corrected chi connectivity index (χ3v) is 2.81. The topological polar surface area (TPSA) is 47.8 Å². The minimum absolute atomic E-state index is 0.315. The first-order chi connectivity index (χ1) is 10.8. The fraction of sp³-hybridized carbons (Fsp3) is 0.438. The Balaban J connectivity index is 0.000000172. The van der Waals surface area contributed by atoms with Crippen molar-refractivity contribution in [1.82, 2.24) is 14.8 Å². The van der Waals surface area contributed by atoms with Crippen molar-refractivity contribution in [2.75, 3.05) is 7.18 Å². The van der Waals surface area contributed by atoms with Gasteiger partial charge in [0.25, 0.3) is 0 Å². The third-order valence-electron chi connectivity index (χ3n) is 2.81. The Morgan fingerprint density at radius 2 is 1.64 bits per heavy atom. The molecule has 0 N–H and O–H groups in total. The maximum atomic E-state index is 11.1. The number of aldehydes is 1. The summed E-state index contributed by atoms with van der Waals surface area (Å²) in [5.41, 5.74) is 0. The summed E-state index contributed by atoms with van der Waals surface area (Å²) in [4.78, 5) is 14.2. The van der Waals surface area contributed by atoms with Gasteiger partial charge in [0.15, 0.2) is 6.29 Å². The van der Waals surface area contributed by atoms with Gasteiger partial charge in [-0.15, -0.1) is 5.10 Å². The number of rotatable bonds is 1. The highest BCUT2D eigenvalue weighted by atomic mass is 19.1. The number of hydrogen-bond donors (Lipinski definition) is 0. The van der Waals surface area contributed by atoms with Crippen molar-refractivity contribution in [2.45, 2.75) is 38.4 Å². The van der Waals surface area contributed by atoms with Crippen molar-refractivity contribution in [1.29, 1.82) is 0 Å². The molecule has 1 saturated carbocycles. The zero-order valence-corrected chi connectivity index (χ0v) is 12.7. The summed E-state index contributed by atoms with van der Waals surface area (Å²) in [5.74, 6) is 1.26. The predicted molar refractivity (Wildman–Crippen MR) is 81.3 cm³/mol. The summed E-state index contributed by atoms with van der Waals surface area (Å²) in [7, 11) is 0.500. The predicted octanol–water partition coefficient (Wildman–Crippen LogP) is 3.43. The van der Waals surface area contributed by atoms with E-state index in [9.17, 15) is 13.6 Å².